The van der Waals surface area contributed by atoms with Gasteiger partial charge in [-0.25, -0.2) is 19.3 Å². The molecule has 0 aliphatic carbocycles. The van der Waals surface area contributed by atoms with Crippen LogP contribution in [-0.2, 0) is 0 Å². The summed E-state index contributed by atoms with van der Waals surface area (Å²) in [6.07, 6.45) is 5.06. The van der Waals surface area contributed by atoms with E-state index < -0.39 is 5.91 Å². The number of anilines is 1. The van der Waals surface area contributed by atoms with Crippen molar-refractivity contribution >= 4 is 34.6 Å². The number of carbonyl (C=O) groups is 1. The van der Waals surface area contributed by atoms with Crippen LogP contribution in [0.5, 0.6) is 0 Å². The van der Waals surface area contributed by atoms with E-state index in [4.69, 9.17) is 23.1 Å². The third kappa shape index (κ3) is 2.98. The molecule has 8 nitrogen and oxygen atoms in total. The quantitative estimate of drug-likeness (QED) is 0.450. The van der Waals surface area contributed by atoms with Crippen LogP contribution in [0, 0.1) is 12.7 Å². The van der Waals surface area contributed by atoms with Crippen LogP contribution in [0.3, 0.4) is 0 Å². The zero-order chi connectivity index (χ0) is 21.9. The number of nitrogens with two attached hydrogens (primary N) is 2. The van der Waals surface area contributed by atoms with Crippen molar-refractivity contribution in [2.24, 2.45) is 5.73 Å². The zero-order valence-corrected chi connectivity index (χ0v) is 16.9. The van der Waals surface area contributed by atoms with E-state index in [9.17, 15) is 9.18 Å². The Balaban J connectivity index is 1.91. The largest absolute Gasteiger partial charge is 0.381 e. The maximum Gasteiger partial charge on any atom is 0.268 e. The highest BCUT2D eigenvalue weighted by Gasteiger charge is 2.21. The van der Waals surface area contributed by atoms with Crippen LogP contribution in [0.15, 0.2) is 48.9 Å². The molecular weight excluding hydrogens is 421 g/mol. The molecule has 5 rings (SSSR count). The lowest BCUT2D eigenvalue weighted by molar-refractivity contribution is 0.0996. The van der Waals surface area contributed by atoms with Crippen molar-refractivity contribution in [1.82, 2.24) is 23.8 Å². The summed E-state index contributed by atoms with van der Waals surface area (Å²) in [6, 6.07) is 7.61. The van der Waals surface area contributed by atoms with E-state index in [2.05, 4.69) is 15.0 Å². The molecule has 10 heteroatoms. The molecule has 0 bridgehead atoms. The lowest BCUT2D eigenvalue weighted by Crippen LogP contribution is -2.10. The van der Waals surface area contributed by atoms with Gasteiger partial charge in [-0.15, -0.1) is 0 Å². The normalized spacial score (nSPS) is 11.5. The Bertz CT molecular complexity index is 1500. The lowest BCUT2D eigenvalue weighted by Gasteiger charge is -2.14. The molecule has 31 heavy (non-hydrogen) atoms. The standard InChI is InChI=1S/C21H15ClFN7O/c1-10-7-26-20-14(22)6-12(8-29(10)20)17-16(11-2-4-13(23)5-3-11)28-18(24)21-27-15(19(25)31)9-30(17)21/h2-9H,1H3,(H2,24,28)(H2,25,31). The van der Waals surface area contributed by atoms with Gasteiger partial charge in [-0.3, -0.25) is 9.20 Å². The molecular formula is C21H15ClFN7O. The fourth-order valence-corrected chi connectivity index (χ4v) is 3.82. The van der Waals surface area contributed by atoms with Gasteiger partial charge >= 0.3 is 0 Å². The molecule has 1 amide bonds. The maximum absolute atomic E-state index is 13.5. The topological polar surface area (TPSA) is 117 Å². The number of benzene rings is 1. The van der Waals surface area contributed by atoms with E-state index in [1.165, 1.54) is 18.3 Å². The molecule has 0 saturated heterocycles. The summed E-state index contributed by atoms with van der Waals surface area (Å²) >= 11 is 6.51. The Kier molecular flexibility index (Phi) is 4.16. The fourth-order valence-electron chi connectivity index (χ4n) is 3.57. The average Bonchev–Trinajstić information content (AvgIpc) is 3.34. The minimum absolute atomic E-state index is 0.0389. The number of nitrogen functional groups attached to an aromatic ring is 1. The minimum Gasteiger partial charge on any atom is -0.381 e. The molecule has 0 unspecified atom stereocenters. The first-order chi connectivity index (χ1) is 14.8. The van der Waals surface area contributed by atoms with Gasteiger partial charge in [0.05, 0.1) is 16.4 Å². The van der Waals surface area contributed by atoms with E-state index in [1.54, 1.807) is 28.8 Å². The van der Waals surface area contributed by atoms with Crippen molar-refractivity contribution in [1.29, 1.82) is 0 Å². The number of hydrogen-bond donors (Lipinski definition) is 2. The van der Waals surface area contributed by atoms with Crippen LogP contribution >= 0.6 is 11.6 Å². The van der Waals surface area contributed by atoms with Gasteiger partial charge < -0.3 is 15.9 Å². The van der Waals surface area contributed by atoms with Crippen LogP contribution in [0.1, 0.15) is 16.2 Å². The summed E-state index contributed by atoms with van der Waals surface area (Å²) < 4.78 is 17.0. The SMILES string of the molecule is Cc1cnc2c(Cl)cc(-c3c(-c4ccc(F)cc4)nc(N)c4nc(C(N)=O)cn34)cn12. The van der Waals surface area contributed by atoms with Crippen molar-refractivity contribution in [2.75, 3.05) is 5.73 Å². The maximum atomic E-state index is 13.5. The molecule has 0 saturated carbocycles. The van der Waals surface area contributed by atoms with E-state index in [0.29, 0.717) is 33.2 Å². The van der Waals surface area contributed by atoms with E-state index in [-0.39, 0.29) is 23.0 Å². The van der Waals surface area contributed by atoms with E-state index in [1.807, 2.05) is 17.5 Å². The number of hydrogen-bond acceptors (Lipinski definition) is 5. The smallest absolute Gasteiger partial charge is 0.268 e. The highest BCUT2D eigenvalue weighted by Crippen LogP contribution is 2.35. The van der Waals surface area contributed by atoms with Crippen molar-refractivity contribution in [3.05, 3.63) is 71.2 Å². The first kappa shape index (κ1) is 19.0. The van der Waals surface area contributed by atoms with Gasteiger partial charge in [0.15, 0.2) is 17.1 Å². The van der Waals surface area contributed by atoms with Crippen molar-refractivity contribution in [3.63, 3.8) is 0 Å². The molecule has 0 atom stereocenters. The van der Waals surface area contributed by atoms with E-state index >= 15 is 0 Å². The predicted molar refractivity (Wildman–Crippen MR) is 115 cm³/mol. The first-order valence-electron chi connectivity index (χ1n) is 9.21. The van der Waals surface area contributed by atoms with Crippen LogP contribution in [0.25, 0.3) is 33.8 Å². The Morgan fingerprint density at radius 2 is 1.81 bits per heavy atom. The number of carbonyl (C=O) groups excluding carboxylic acids is 1. The Labute approximate surface area is 179 Å². The third-order valence-corrected chi connectivity index (χ3v) is 5.30. The number of halogens is 2. The number of rotatable bonds is 3. The summed E-state index contributed by atoms with van der Waals surface area (Å²) in [5.41, 5.74) is 15.7. The van der Waals surface area contributed by atoms with Gasteiger partial charge in [-0.2, -0.15) is 0 Å². The molecule has 154 valence electrons. The molecule has 5 aromatic rings. The average molecular weight is 436 g/mol. The van der Waals surface area contributed by atoms with Gasteiger partial charge in [0, 0.05) is 35.4 Å². The lowest BCUT2D eigenvalue weighted by atomic mass is 10.0. The number of aromatic nitrogens is 5. The van der Waals surface area contributed by atoms with E-state index in [0.717, 1.165) is 5.69 Å². The molecule has 4 N–H and O–H groups in total. The highest BCUT2D eigenvalue weighted by molar-refractivity contribution is 6.33. The monoisotopic (exact) mass is 435 g/mol. The number of amides is 1. The van der Waals surface area contributed by atoms with Gasteiger partial charge in [0.25, 0.3) is 5.91 Å². The zero-order valence-electron chi connectivity index (χ0n) is 16.2. The number of imidazole rings is 2. The molecule has 1 aromatic carbocycles. The second-order valence-electron chi connectivity index (χ2n) is 7.06. The molecule has 4 aromatic heterocycles. The molecule has 0 fully saturated rings. The van der Waals surface area contributed by atoms with Crippen molar-refractivity contribution in [2.45, 2.75) is 6.92 Å². The molecule has 0 radical (unpaired) electrons. The predicted octanol–water partition coefficient (Wildman–Crippen LogP) is 3.49. The summed E-state index contributed by atoms with van der Waals surface area (Å²) in [7, 11) is 0. The number of aryl methyl sites for hydroxylation is 1. The van der Waals surface area contributed by atoms with Gasteiger partial charge in [0.2, 0.25) is 0 Å². The van der Waals surface area contributed by atoms with Crippen molar-refractivity contribution in [3.8, 4) is 22.5 Å². The summed E-state index contributed by atoms with van der Waals surface area (Å²) in [5.74, 6) is -0.977. The van der Waals surface area contributed by atoms with Gasteiger partial charge in [-0.05, 0) is 37.3 Å². The van der Waals surface area contributed by atoms with Crippen LogP contribution in [0.2, 0.25) is 5.02 Å². The number of nitrogens with zero attached hydrogens (tertiary/aromatic N) is 5. The Morgan fingerprint density at radius 3 is 2.52 bits per heavy atom. The van der Waals surface area contributed by atoms with Gasteiger partial charge in [0.1, 0.15) is 11.5 Å². The van der Waals surface area contributed by atoms with Crippen LogP contribution in [-0.4, -0.2) is 29.7 Å². The molecule has 0 spiro atoms. The third-order valence-electron chi connectivity index (χ3n) is 5.02. The van der Waals surface area contributed by atoms with Crippen LogP contribution < -0.4 is 11.5 Å². The van der Waals surface area contributed by atoms with Gasteiger partial charge in [-0.1, -0.05) is 11.6 Å². The Morgan fingerprint density at radius 1 is 1.06 bits per heavy atom. The van der Waals surface area contributed by atoms with Crippen molar-refractivity contribution < 1.29 is 9.18 Å². The second-order valence-corrected chi connectivity index (χ2v) is 7.46. The molecule has 4 heterocycles. The molecule has 0 aliphatic rings. The molecule has 0 aliphatic heterocycles. The number of primary amides is 1. The number of pyridine rings is 1. The highest BCUT2D eigenvalue weighted by atomic mass is 35.5. The fraction of sp³-hybridized carbons (Fsp3) is 0.0476. The van der Waals surface area contributed by atoms with Crippen LogP contribution in [0.4, 0.5) is 10.2 Å². The summed E-state index contributed by atoms with van der Waals surface area (Å²) in [4.78, 5) is 24.8. The summed E-state index contributed by atoms with van der Waals surface area (Å²) in [6.45, 7) is 1.90. The summed E-state index contributed by atoms with van der Waals surface area (Å²) in [5, 5.41) is 0.427. The second kappa shape index (κ2) is 6.78. The first-order valence-corrected chi connectivity index (χ1v) is 9.59. The Hall–Kier alpha value is -3.98. The number of fused-ring (bicyclic) bond motifs is 2. The minimum atomic E-state index is -0.698.